The first-order valence-electron chi connectivity index (χ1n) is 7.12. The molecule has 1 aromatic heterocycles. The molecule has 0 radical (unpaired) electrons. The summed E-state index contributed by atoms with van der Waals surface area (Å²) in [6.07, 6.45) is -4.40. The molecule has 0 fully saturated rings. The topological polar surface area (TPSA) is 55.1 Å². The second-order valence-electron chi connectivity index (χ2n) is 5.67. The van der Waals surface area contributed by atoms with Crippen molar-refractivity contribution in [3.8, 4) is 11.3 Å². The molecule has 0 aliphatic heterocycles. The number of halogens is 3. The average molecular weight is 326 g/mol. The molecule has 0 saturated heterocycles. The molecule has 2 rings (SSSR count). The van der Waals surface area contributed by atoms with Crippen LogP contribution in [-0.4, -0.2) is 14.9 Å². The Morgan fingerprint density at radius 3 is 2.30 bits per heavy atom. The second kappa shape index (κ2) is 6.54. The molecule has 1 heterocycles. The number of benzene rings is 1. The minimum atomic E-state index is -4.40. The zero-order valence-corrected chi connectivity index (χ0v) is 12.8. The predicted octanol–water partition coefficient (Wildman–Crippen LogP) is 3.08. The van der Waals surface area contributed by atoms with Crippen molar-refractivity contribution in [1.29, 1.82) is 0 Å². The zero-order valence-electron chi connectivity index (χ0n) is 12.8. The molecule has 0 spiro atoms. The number of hydrogen-bond acceptors (Lipinski definition) is 3. The highest BCUT2D eigenvalue weighted by atomic mass is 19.4. The highest BCUT2D eigenvalue weighted by molar-refractivity contribution is 5.59. The lowest BCUT2D eigenvalue weighted by molar-refractivity contribution is -0.137. The van der Waals surface area contributed by atoms with Gasteiger partial charge in [0.1, 0.15) is 0 Å². The van der Waals surface area contributed by atoms with Gasteiger partial charge in [0.05, 0.1) is 17.9 Å². The molecule has 0 saturated carbocycles. The van der Waals surface area contributed by atoms with Crippen LogP contribution in [0.15, 0.2) is 35.1 Å². The normalized spacial score (nSPS) is 12.0. The van der Waals surface area contributed by atoms with Crippen LogP contribution in [0.4, 0.5) is 13.2 Å². The Balaban J connectivity index is 2.48. The van der Waals surface area contributed by atoms with Gasteiger partial charge in [-0.15, -0.1) is 0 Å². The first-order valence-corrected chi connectivity index (χ1v) is 7.12. The van der Waals surface area contributed by atoms with E-state index in [1.807, 2.05) is 13.8 Å². The molecule has 124 valence electrons. The lowest BCUT2D eigenvalue weighted by Gasteiger charge is -2.12. The van der Waals surface area contributed by atoms with Crippen LogP contribution >= 0.6 is 0 Å². The summed E-state index contributed by atoms with van der Waals surface area (Å²) in [4.78, 5) is 12.1. The summed E-state index contributed by atoms with van der Waals surface area (Å²) in [7, 11) is 0. The Hall–Kier alpha value is -2.15. The molecule has 0 bridgehead atoms. The van der Waals surface area contributed by atoms with Gasteiger partial charge in [-0.2, -0.15) is 18.3 Å². The Morgan fingerprint density at radius 2 is 1.83 bits per heavy atom. The SMILES string of the molecule is CC(C)Cn1nc(-c2ccc(C(F)(F)F)cc2)cc(CO)c1=O. The number of alkyl halides is 3. The summed E-state index contributed by atoms with van der Waals surface area (Å²) >= 11 is 0. The van der Waals surface area contributed by atoms with Crippen molar-refractivity contribution in [2.75, 3.05) is 0 Å². The molecule has 1 aromatic carbocycles. The van der Waals surface area contributed by atoms with Gasteiger partial charge >= 0.3 is 6.18 Å². The van der Waals surface area contributed by atoms with Crippen molar-refractivity contribution >= 4 is 0 Å². The number of rotatable bonds is 4. The zero-order chi connectivity index (χ0) is 17.2. The quantitative estimate of drug-likeness (QED) is 0.939. The lowest BCUT2D eigenvalue weighted by atomic mass is 10.1. The molecular formula is C16H17F3N2O2. The molecule has 2 aromatic rings. The Bertz CT molecular complexity index is 734. The lowest BCUT2D eigenvalue weighted by Crippen LogP contribution is -2.28. The molecular weight excluding hydrogens is 309 g/mol. The van der Waals surface area contributed by atoms with Crippen LogP contribution in [0.2, 0.25) is 0 Å². The van der Waals surface area contributed by atoms with E-state index in [9.17, 15) is 23.1 Å². The minimum absolute atomic E-state index is 0.162. The highest BCUT2D eigenvalue weighted by Gasteiger charge is 2.30. The van der Waals surface area contributed by atoms with Crippen molar-refractivity contribution < 1.29 is 18.3 Å². The first-order chi connectivity index (χ1) is 10.7. The average Bonchev–Trinajstić information content (AvgIpc) is 2.48. The molecule has 0 aliphatic rings. The molecule has 7 heteroatoms. The van der Waals surface area contributed by atoms with Crippen LogP contribution in [0.1, 0.15) is 25.0 Å². The third-order valence-electron chi connectivity index (χ3n) is 3.26. The Labute approximate surface area is 131 Å². The van der Waals surface area contributed by atoms with Gasteiger partial charge < -0.3 is 5.11 Å². The van der Waals surface area contributed by atoms with Gasteiger partial charge in [-0.3, -0.25) is 4.79 Å². The van der Waals surface area contributed by atoms with Crippen LogP contribution in [0.3, 0.4) is 0 Å². The van der Waals surface area contributed by atoms with E-state index in [-0.39, 0.29) is 11.5 Å². The van der Waals surface area contributed by atoms with Gasteiger partial charge in [0.2, 0.25) is 0 Å². The number of hydrogen-bond donors (Lipinski definition) is 1. The summed E-state index contributed by atoms with van der Waals surface area (Å²) in [5.41, 5.74) is -0.181. The number of aromatic nitrogens is 2. The van der Waals surface area contributed by atoms with E-state index >= 15 is 0 Å². The van der Waals surface area contributed by atoms with Crippen molar-refractivity contribution in [1.82, 2.24) is 9.78 Å². The summed E-state index contributed by atoms with van der Waals surface area (Å²) in [5, 5.41) is 13.5. The molecule has 4 nitrogen and oxygen atoms in total. The van der Waals surface area contributed by atoms with Crippen molar-refractivity contribution in [3.05, 3.63) is 51.8 Å². The van der Waals surface area contributed by atoms with E-state index < -0.39 is 23.9 Å². The fourth-order valence-corrected chi connectivity index (χ4v) is 2.15. The van der Waals surface area contributed by atoms with Gasteiger partial charge in [-0.1, -0.05) is 26.0 Å². The number of aliphatic hydroxyl groups is 1. The third kappa shape index (κ3) is 3.98. The molecule has 0 aliphatic carbocycles. The van der Waals surface area contributed by atoms with Crippen LogP contribution in [-0.2, 0) is 19.3 Å². The van der Waals surface area contributed by atoms with E-state index in [1.165, 1.54) is 22.9 Å². The summed E-state index contributed by atoms with van der Waals surface area (Å²) < 4.78 is 39.1. The fourth-order valence-electron chi connectivity index (χ4n) is 2.15. The highest BCUT2D eigenvalue weighted by Crippen LogP contribution is 2.30. The van der Waals surface area contributed by atoms with E-state index in [4.69, 9.17) is 0 Å². The predicted molar refractivity (Wildman–Crippen MR) is 79.7 cm³/mol. The monoisotopic (exact) mass is 326 g/mol. The van der Waals surface area contributed by atoms with Crippen LogP contribution in [0.5, 0.6) is 0 Å². The standard InChI is InChI=1S/C16H17F3N2O2/c1-10(2)8-21-15(23)12(9-22)7-14(20-21)11-3-5-13(6-4-11)16(17,18)19/h3-7,10,22H,8-9H2,1-2H3. The maximum absolute atomic E-state index is 12.6. The van der Waals surface area contributed by atoms with Crippen molar-refractivity contribution in [2.24, 2.45) is 5.92 Å². The smallest absolute Gasteiger partial charge is 0.391 e. The van der Waals surface area contributed by atoms with E-state index in [0.717, 1.165) is 12.1 Å². The van der Waals surface area contributed by atoms with Gasteiger partial charge in [0.25, 0.3) is 5.56 Å². The molecule has 23 heavy (non-hydrogen) atoms. The van der Waals surface area contributed by atoms with Crippen molar-refractivity contribution in [3.63, 3.8) is 0 Å². The van der Waals surface area contributed by atoms with Crippen LogP contribution in [0.25, 0.3) is 11.3 Å². The summed E-state index contributed by atoms with van der Waals surface area (Å²) in [6, 6.07) is 5.94. The Morgan fingerprint density at radius 1 is 1.22 bits per heavy atom. The van der Waals surface area contributed by atoms with E-state index in [1.54, 1.807) is 0 Å². The van der Waals surface area contributed by atoms with E-state index in [2.05, 4.69) is 5.10 Å². The molecule has 0 atom stereocenters. The molecule has 0 unspecified atom stereocenters. The number of nitrogens with zero attached hydrogens (tertiary/aromatic N) is 2. The molecule has 1 N–H and O–H groups in total. The summed E-state index contributed by atoms with van der Waals surface area (Å²) in [6.45, 7) is 3.74. The first kappa shape index (κ1) is 17.2. The molecule has 0 amide bonds. The fraction of sp³-hybridized carbons (Fsp3) is 0.375. The van der Waals surface area contributed by atoms with Gasteiger partial charge in [0.15, 0.2) is 0 Å². The van der Waals surface area contributed by atoms with Gasteiger partial charge in [0, 0.05) is 17.7 Å². The summed E-state index contributed by atoms with van der Waals surface area (Å²) in [5.74, 6) is 0.162. The minimum Gasteiger partial charge on any atom is -0.391 e. The largest absolute Gasteiger partial charge is 0.416 e. The Kier molecular flexibility index (Phi) is 4.89. The van der Waals surface area contributed by atoms with Crippen LogP contribution < -0.4 is 5.56 Å². The van der Waals surface area contributed by atoms with Gasteiger partial charge in [-0.05, 0) is 24.1 Å². The maximum Gasteiger partial charge on any atom is 0.416 e. The maximum atomic E-state index is 12.6. The number of aliphatic hydroxyl groups excluding tert-OH is 1. The van der Waals surface area contributed by atoms with Crippen LogP contribution in [0, 0.1) is 5.92 Å². The second-order valence-corrected chi connectivity index (χ2v) is 5.67. The van der Waals surface area contributed by atoms with Crippen molar-refractivity contribution in [2.45, 2.75) is 33.2 Å². The third-order valence-corrected chi connectivity index (χ3v) is 3.26. The van der Waals surface area contributed by atoms with Gasteiger partial charge in [-0.25, -0.2) is 4.68 Å². The van der Waals surface area contributed by atoms with E-state index in [0.29, 0.717) is 17.8 Å².